The number of methoxy groups -OCH3 is 1. The Hall–Kier alpha value is -0.640. The second kappa shape index (κ2) is 8.11. The minimum absolute atomic E-state index is 0.0703. The summed E-state index contributed by atoms with van der Waals surface area (Å²) in [6.07, 6.45) is 11.8. The summed E-state index contributed by atoms with van der Waals surface area (Å²) in [5.41, 5.74) is 1.08. The smallest absolute Gasteiger partial charge is 0.0834 e. The van der Waals surface area contributed by atoms with Gasteiger partial charge in [-0.25, -0.2) is 0 Å². The molecule has 1 saturated carbocycles. The zero-order valence-corrected chi connectivity index (χ0v) is 14.0. The van der Waals surface area contributed by atoms with Crippen molar-refractivity contribution >= 4 is 11.6 Å². The van der Waals surface area contributed by atoms with Gasteiger partial charge in [0, 0.05) is 25.5 Å². The standard InChI is InChI=1S/C17H27ClN2O/c1-3-20-16(12-14-8-11-19-13-15(14)18)17(21-2)9-6-4-5-7-10-17/h8,11,13,16,20H,3-7,9-10,12H2,1-2H3. The summed E-state index contributed by atoms with van der Waals surface area (Å²) in [5, 5.41) is 4.39. The third-order valence-electron chi connectivity index (χ3n) is 4.72. The van der Waals surface area contributed by atoms with Crippen molar-refractivity contribution in [3.63, 3.8) is 0 Å². The van der Waals surface area contributed by atoms with E-state index < -0.39 is 0 Å². The number of hydrogen-bond donors (Lipinski definition) is 1. The average molecular weight is 311 g/mol. The SMILES string of the molecule is CCNC(Cc1ccncc1Cl)C1(OC)CCCCCC1. The fraction of sp³-hybridized carbons (Fsp3) is 0.706. The van der Waals surface area contributed by atoms with Gasteiger partial charge in [-0.15, -0.1) is 0 Å². The number of aromatic nitrogens is 1. The molecule has 1 aliphatic carbocycles. The quantitative estimate of drug-likeness (QED) is 0.807. The molecule has 118 valence electrons. The molecule has 0 bridgehead atoms. The summed E-state index contributed by atoms with van der Waals surface area (Å²) in [4.78, 5) is 4.08. The lowest BCUT2D eigenvalue weighted by molar-refractivity contribution is -0.0522. The molecular formula is C17H27ClN2O. The molecule has 1 aliphatic rings. The minimum atomic E-state index is -0.0703. The predicted molar refractivity (Wildman–Crippen MR) is 87.9 cm³/mol. The molecule has 0 saturated heterocycles. The number of nitrogens with one attached hydrogen (secondary N) is 1. The highest BCUT2D eigenvalue weighted by Gasteiger charge is 2.38. The van der Waals surface area contributed by atoms with Crippen LogP contribution >= 0.6 is 11.6 Å². The molecule has 0 aliphatic heterocycles. The molecule has 0 amide bonds. The molecule has 21 heavy (non-hydrogen) atoms. The molecule has 1 unspecified atom stereocenters. The Morgan fingerprint density at radius 1 is 1.33 bits per heavy atom. The lowest BCUT2D eigenvalue weighted by Gasteiger charge is -2.40. The largest absolute Gasteiger partial charge is 0.377 e. The van der Waals surface area contributed by atoms with E-state index in [9.17, 15) is 0 Å². The monoisotopic (exact) mass is 310 g/mol. The summed E-state index contributed by atoms with van der Waals surface area (Å²) >= 11 is 6.30. The van der Waals surface area contributed by atoms with Crippen molar-refractivity contribution in [1.82, 2.24) is 10.3 Å². The molecule has 1 fully saturated rings. The molecule has 3 nitrogen and oxygen atoms in total. The van der Waals surface area contributed by atoms with Crippen molar-refractivity contribution in [2.45, 2.75) is 63.5 Å². The number of pyridine rings is 1. The van der Waals surface area contributed by atoms with Crippen LogP contribution in [-0.2, 0) is 11.2 Å². The second-order valence-electron chi connectivity index (χ2n) is 5.96. The first-order chi connectivity index (χ1) is 10.2. The van der Waals surface area contributed by atoms with E-state index in [1.165, 1.54) is 25.7 Å². The van der Waals surface area contributed by atoms with Crippen LogP contribution in [0.2, 0.25) is 5.02 Å². The Labute approximate surface area is 133 Å². The minimum Gasteiger partial charge on any atom is -0.377 e. The van der Waals surface area contributed by atoms with Gasteiger partial charge in [-0.2, -0.15) is 0 Å². The maximum absolute atomic E-state index is 6.30. The van der Waals surface area contributed by atoms with Crippen molar-refractivity contribution in [2.24, 2.45) is 0 Å². The number of nitrogens with zero attached hydrogens (tertiary/aromatic N) is 1. The highest BCUT2D eigenvalue weighted by molar-refractivity contribution is 6.31. The first-order valence-corrected chi connectivity index (χ1v) is 8.46. The first kappa shape index (κ1) is 16.7. The Bertz CT molecular complexity index is 431. The van der Waals surface area contributed by atoms with Gasteiger partial charge in [0.2, 0.25) is 0 Å². The number of ether oxygens (including phenoxy) is 1. The van der Waals surface area contributed by atoms with Crippen LogP contribution < -0.4 is 5.32 Å². The normalized spacial score (nSPS) is 20.0. The third kappa shape index (κ3) is 4.18. The van der Waals surface area contributed by atoms with E-state index in [1.54, 1.807) is 6.20 Å². The summed E-state index contributed by atoms with van der Waals surface area (Å²) in [6, 6.07) is 2.32. The lowest BCUT2D eigenvalue weighted by atomic mass is 9.82. The Morgan fingerprint density at radius 2 is 2.05 bits per heavy atom. The van der Waals surface area contributed by atoms with Gasteiger partial charge in [0.05, 0.1) is 10.6 Å². The van der Waals surface area contributed by atoms with E-state index in [2.05, 4.69) is 17.2 Å². The fourth-order valence-corrected chi connectivity index (χ4v) is 3.70. The van der Waals surface area contributed by atoms with E-state index in [1.807, 2.05) is 19.4 Å². The van der Waals surface area contributed by atoms with E-state index in [4.69, 9.17) is 16.3 Å². The van der Waals surface area contributed by atoms with Crippen molar-refractivity contribution < 1.29 is 4.74 Å². The molecule has 4 heteroatoms. The number of rotatable bonds is 6. The molecule has 1 aromatic heterocycles. The molecule has 0 aromatic carbocycles. The van der Waals surface area contributed by atoms with E-state index >= 15 is 0 Å². The van der Waals surface area contributed by atoms with Gasteiger partial charge in [0.1, 0.15) is 0 Å². The van der Waals surface area contributed by atoms with Gasteiger partial charge in [0.15, 0.2) is 0 Å². The topological polar surface area (TPSA) is 34.2 Å². The summed E-state index contributed by atoms with van der Waals surface area (Å²) < 4.78 is 6.06. The molecule has 1 N–H and O–H groups in total. The van der Waals surface area contributed by atoms with Crippen molar-refractivity contribution in [3.05, 3.63) is 29.0 Å². The maximum atomic E-state index is 6.30. The van der Waals surface area contributed by atoms with Gasteiger partial charge >= 0.3 is 0 Å². The van der Waals surface area contributed by atoms with Crippen LogP contribution in [0.15, 0.2) is 18.5 Å². The molecular weight excluding hydrogens is 284 g/mol. The summed E-state index contributed by atoms with van der Waals surface area (Å²) in [7, 11) is 1.86. The van der Waals surface area contributed by atoms with E-state index in [0.29, 0.717) is 6.04 Å². The van der Waals surface area contributed by atoms with Crippen LogP contribution in [0, 0.1) is 0 Å². The number of hydrogen-bond acceptors (Lipinski definition) is 3. The van der Waals surface area contributed by atoms with E-state index in [0.717, 1.165) is 36.4 Å². The van der Waals surface area contributed by atoms with Crippen LogP contribution in [0.4, 0.5) is 0 Å². The van der Waals surface area contributed by atoms with Crippen LogP contribution in [0.25, 0.3) is 0 Å². The summed E-state index contributed by atoms with van der Waals surface area (Å²) in [5.74, 6) is 0. The van der Waals surface area contributed by atoms with Crippen molar-refractivity contribution in [3.8, 4) is 0 Å². The van der Waals surface area contributed by atoms with Gasteiger partial charge in [-0.1, -0.05) is 44.2 Å². The predicted octanol–water partition coefficient (Wildman–Crippen LogP) is 4.00. The highest BCUT2D eigenvalue weighted by Crippen LogP contribution is 2.35. The summed E-state index contributed by atoms with van der Waals surface area (Å²) in [6.45, 7) is 3.10. The van der Waals surface area contributed by atoms with Crippen LogP contribution in [-0.4, -0.2) is 30.3 Å². The molecule has 1 aromatic rings. The number of halogens is 1. The second-order valence-corrected chi connectivity index (χ2v) is 6.37. The molecule has 0 spiro atoms. The highest BCUT2D eigenvalue weighted by atomic mass is 35.5. The molecule has 0 radical (unpaired) electrons. The third-order valence-corrected chi connectivity index (χ3v) is 5.06. The number of likely N-dealkylation sites (N-methyl/N-ethyl adjacent to an activating group) is 1. The van der Waals surface area contributed by atoms with Crippen molar-refractivity contribution in [2.75, 3.05) is 13.7 Å². The average Bonchev–Trinajstić information content (AvgIpc) is 2.75. The molecule has 1 heterocycles. The fourth-order valence-electron chi connectivity index (χ4n) is 3.50. The Balaban J connectivity index is 2.21. The van der Waals surface area contributed by atoms with Gasteiger partial charge in [0.25, 0.3) is 0 Å². The molecule has 2 rings (SSSR count). The van der Waals surface area contributed by atoms with E-state index in [-0.39, 0.29) is 5.60 Å². The van der Waals surface area contributed by atoms with Gasteiger partial charge in [-0.3, -0.25) is 4.98 Å². The maximum Gasteiger partial charge on any atom is 0.0834 e. The van der Waals surface area contributed by atoms with Crippen LogP contribution in [0.1, 0.15) is 51.0 Å². The first-order valence-electron chi connectivity index (χ1n) is 8.09. The van der Waals surface area contributed by atoms with Gasteiger partial charge in [-0.05, 0) is 37.4 Å². The molecule has 1 atom stereocenters. The van der Waals surface area contributed by atoms with Crippen molar-refractivity contribution in [1.29, 1.82) is 0 Å². The zero-order chi connectivity index (χ0) is 15.1. The Morgan fingerprint density at radius 3 is 2.62 bits per heavy atom. The van der Waals surface area contributed by atoms with Crippen LogP contribution in [0.5, 0.6) is 0 Å². The van der Waals surface area contributed by atoms with Gasteiger partial charge < -0.3 is 10.1 Å². The Kier molecular flexibility index (Phi) is 6.46. The zero-order valence-electron chi connectivity index (χ0n) is 13.2. The van der Waals surface area contributed by atoms with Crippen LogP contribution in [0.3, 0.4) is 0 Å². The lowest BCUT2D eigenvalue weighted by Crippen LogP contribution is -2.53.